The Kier molecular flexibility index (Phi) is 6.99. The summed E-state index contributed by atoms with van der Waals surface area (Å²) in [5, 5.41) is 15.9. The minimum Gasteiger partial charge on any atom is -0.490 e. The summed E-state index contributed by atoms with van der Waals surface area (Å²) >= 11 is 1.16. The highest BCUT2D eigenvalue weighted by atomic mass is 32.2. The van der Waals surface area contributed by atoms with Crippen LogP contribution in [-0.2, 0) is 26.0 Å². The van der Waals surface area contributed by atoms with E-state index in [1.165, 1.54) is 55.8 Å². The summed E-state index contributed by atoms with van der Waals surface area (Å²) in [5.41, 5.74) is 0.686. The summed E-state index contributed by atoms with van der Waals surface area (Å²) in [6.45, 7) is 0.466. The zero-order chi connectivity index (χ0) is 27.8. The molecule has 1 aliphatic heterocycles. The van der Waals surface area contributed by atoms with Gasteiger partial charge in [0.05, 0.1) is 23.3 Å². The molecule has 39 heavy (non-hydrogen) atoms. The topological polar surface area (TPSA) is 161 Å². The van der Waals surface area contributed by atoms with Crippen molar-refractivity contribution < 1.29 is 27.7 Å². The third-order valence-electron chi connectivity index (χ3n) is 6.97. The van der Waals surface area contributed by atoms with Crippen molar-refractivity contribution in [1.82, 2.24) is 9.88 Å². The SMILES string of the molecule is COc1cc(CC(=O)N2CC3(CC3)C[C@H]2C(=O)Nc2ccc(S(=O)(=O)Nc3nccs3)cc2)ccc1[N+](=O)[O-]. The van der Waals surface area contributed by atoms with E-state index in [0.717, 1.165) is 24.2 Å². The minimum absolute atomic E-state index is 0.0174. The maximum absolute atomic E-state index is 13.3. The second-order valence-corrected chi connectivity index (χ2v) is 12.2. The first kappa shape index (κ1) is 26.6. The largest absolute Gasteiger partial charge is 0.490 e. The number of nitrogens with zero attached hydrogens (tertiary/aromatic N) is 3. The molecular weight excluding hydrogens is 546 g/mol. The number of amides is 2. The third-order valence-corrected chi connectivity index (χ3v) is 9.14. The molecule has 0 radical (unpaired) electrons. The Morgan fingerprint density at radius 1 is 1.23 bits per heavy atom. The lowest BCUT2D eigenvalue weighted by molar-refractivity contribution is -0.385. The number of hydrogen-bond acceptors (Lipinski definition) is 9. The van der Waals surface area contributed by atoms with Gasteiger partial charge in [0.1, 0.15) is 6.04 Å². The number of sulfonamides is 1. The van der Waals surface area contributed by atoms with Gasteiger partial charge in [-0.2, -0.15) is 0 Å². The molecule has 204 valence electrons. The Morgan fingerprint density at radius 3 is 2.59 bits per heavy atom. The molecule has 1 aliphatic carbocycles. The van der Waals surface area contributed by atoms with Gasteiger partial charge in [-0.15, -0.1) is 11.3 Å². The number of ether oxygens (including phenoxy) is 1. The van der Waals surface area contributed by atoms with Crippen LogP contribution >= 0.6 is 11.3 Å². The molecule has 2 heterocycles. The quantitative estimate of drug-likeness (QED) is 0.292. The minimum atomic E-state index is -3.83. The van der Waals surface area contributed by atoms with Crippen LogP contribution in [0.2, 0.25) is 0 Å². The molecule has 2 fully saturated rings. The third kappa shape index (κ3) is 5.71. The van der Waals surface area contributed by atoms with Crippen molar-refractivity contribution in [3.05, 3.63) is 69.7 Å². The lowest BCUT2D eigenvalue weighted by Gasteiger charge is -2.24. The van der Waals surface area contributed by atoms with E-state index in [9.17, 15) is 28.1 Å². The van der Waals surface area contributed by atoms with E-state index in [1.54, 1.807) is 10.3 Å². The van der Waals surface area contributed by atoms with Crippen molar-refractivity contribution >= 4 is 49.7 Å². The fourth-order valence-corrected chi connectivity index (χ4v) is 6.53. The maximum atomic E-state index is 13.3. The molecule has 5 rings (SSSR count). The number of hydrogen-bond donors (Lipinski definition) is 2. The second-order valence-electron chi connectivity index (χ2n) is 9.64. The van der Waals surface area contributed by atoms with Crippen LogP contribution in [0.4, 0.5) is 16.5 Å². The number of aromatic nitrogens is 1. The van der Waals surface area contributed by atoms with Gasteiger partial charge in [-0.25, -0.2) is 13.4 Å². The van der Waals surface area contributed by atoms with Crippen molar-refractivity contribution in [2.24, 2.45) is 5.41 Å². The maximum Gasteiger partial charge on any atom is 0.310 e. The first-order valence-corrected chi connectivity index (χ1v) is 14.4. The van der Waals surface area contributed by atoms with Gasteiger partial charge in [-0.05, 0) is 60.6 Å². The Balaban J connectivity index is 1.27. The predicted octanol–water partition coefficient (Wildman–Crippen LogP) is 3.42. The number of nitro groups is 1. The number of rotatable bonds is 9. The molecule has 1 spiro atoms. The lowest BCUT2D eigenvalue weighted by Crippen LogP contribution is -2.43. The average molecular weight is 572 g/mol. The van der Waals surface area contributed by atoms with Crippen LogP contribution in [0.3, 0.4) is 0 Å². The molecule has 2 aliphatic rings. The molecule has 0 unspecified atom stereocenters. The van der Waals surface area contributed by atoms with Gasteiger partial charge in [0.25, 0.3) is 10.0 Å². The first-order valence-electron chi connectivity index (χ1n) is 12.0. The van der Waals surface area contributed by atoms with Crippen LogP contribution in [0.15, 0.2) is 58.9 Å². The summed E-state index contributed by atoms with van der Waals surface area (Å²) in [6, 6.07) is 9.34. The highest BCUT2D eigenvalue weighted by Gasteiger charge is 2.55. The standard InChI is InChI=1S/C25H25N5O7S2/c1-37-21-12-16(2-7-19(21)30(33)34)13-22(31)29-15-25(8-9-25)14-20(29)23(32)27-17-3-5-18(6-4-17)39(35,36)28-24-26-10-11-38-24/h2-7,10-12,20H,8-9,13-15H2,1H3,(H,26,28)(H,27,32)/t20-/m0/s1. The lowest BCUT2D eigenvalue weighted by atomic mass is 10.0. The smallest absolute Gasteiger partial charge is 0.310 e. The molecule has 3 aromatic rings. The molecule has 0 bridgehead atoms. The molecular formula is C25H25N5O7S2. The highest BCUT2D eigenvalue weighted by molar-refractivity contribution is 7.93. The van der Waals surface area contributed by atoms with E-state index in [4.69, 9.17) is 4.74 Å². The van der Waals surface area contributed by atoms with Gasteiger partial charge in [0.2, 0.25) is 11.8 Å². The summed E-state index contributed by atoms with van der Waals surface area (Å²) in [7, 11) is -2.50. The van der Waals surface area contributed by atoms with E-state index in [2.05, 4.69) is 15.0 Å². The number of benzene rings is 2. The fourth-order valence-electron chi connectivity index (χ4n) is 4.74. The van der Waals surface area contributed by atoms with Gasteiger partial charge < -0.3 is 15.0 Å². The average Bonchev–Trinajstić information content (AvgIpc) is 3.27. The Morgan fingerprint density at radius 2 is 1.97 bits per heavy atom. The van der Waals surface area contributed by atoms with E-state index < -0.39 is 21.0 Å². The molecule has 2 amide bonds. The number of thiazole rings is 1. The van der Waals surface area contributed by atoms with Gasteiger partial charge >= 0.3 is 5.69 Å². The molecule has 1 atom stereocenters. The number of nitrogens with one attached hydrogen (secondary N) is 2. The summed E-state index contributed by atoms with van der Waals surface area (Å²) in [4.78, 5) is 42.7. The molecule has 2 N–H and O–H groups in total. The van der Waals surface area contributed by atoms with E-state index in [1.807, 2.05) is 0 Å². The van der Waals surface area contributed by atoms with Crippen molar-refractivity contribution in [3.8, 4) is 5.75 Å². The summed E-state index contributed by atoms with van der Waals surface area (Å²) < 4.78 is 32.6. The first-order chi connectivity index (χ1) is 18.6. The second kappa shape index (κ2) is 10.3. The van der Waals surface area contributed by atoms with E-state index in [0.29, 0.717) is 24.2 Å². The molecule has 14 heteroatoms. The van der Waals surface area contributed by atoms with E-state index >= 15 is 0 Å². The van der Waals surface area contributed by atoms with Crippen LogP contribution in [0.1, 0.15) is 24.8 Å². The summed E-state index contributed by atoms with van der Waals surface area (Å²) in [6.07, 6.45) is 3.87. The van der Waals surface area contributed by atoms with Gasteiger partial charge in [-0.3, -0.25) is 24.4 Å². The predicted molar refractivity (Wildman–Crippen MR) is 143 cm³/mol. The Labute approximate surface area is 228 Å². The molecule has 1 aromatic heterocycles. The van der Waals surface area contributed by atoms with Crippen molar-refractivity contribution in [2.75, 3.05) is 23.7 Å². The van der Waals surface area contributed by atoms with Crippen LogP contribution < -0.4 is 14.8 Å². The number of carbonyl (C=O) groups is 2. The van der Waals surface area contributed by atoms with Gasteiger partial charge in [0, 0.05) is 29.9 Å². The molecule has 1 saturated carbocycles. The van der Waals surface area contributed by atoms with Crippen molar-refractivity contribution in [2.45, 2.75) is 36.6 Å². The van der Waals surface area contributed by atoms with Crippen molar-refractivity contribution in [3.63, 3.8) is 0 Å². The Bertz CT molecular complexity index is 1520. The number of carbonyl (C=O) groups excluding carboxylic acids is 2. The molecule has 1 saturated heterocycles. The number of anilines is 2. The monoisotopic (exact) mass is 571 g/mol. The van der Waals surface area contributed by atoms with E-state index in [-0.39, 0.29) is 45.1 Å². The molecule has 2 aromatic carbocycles. The normalized spacial score (nSPS) is 17.6. The van der Waals surface area contributed by atoms with Crippen LogP contribution in [0.5, 0.6) is 5.75 Å². The van der Waals surface area contributed by atoms with Crippen LogP contribution in [-0.4, -0.2) is 54.7 Å². The van der Waals surface area contributed by atoms with Crippen LogP contribution in [0.25, 0.3) is 0 Å². The molecule has 12 nitrogen and oxygen atoms in total. The van der Waals surface area contributed by atoms with Crippen LogP contribution in [0, 0.1) is 15.5 Å². The number of nitro benzene ring substituents is 1. The zero-order valence-electron chi connectivity index (χ0n) is 20.8. The van der Waals surface area contributed by atoms with Gasteiger partial charge in [0.15, 0.2) is 10.9 Å². The zero-order valence-corrected chi connectivity index (χ0v) is 22.5. The van der Waals surface area contributed by atoms with Crippen molar-refractivity contribution in [1.29, 1.82) is 0 Å². The van der Waals surface area contributed by atoms with Gasteiger partial charge in [-0.1, -0.05) is 6.07 Å². The fraction of sp³-hybridized carbons (Fsp3) is 0.320. The number of likely N-dealkylation sites (tertiary alicyclic amines) is 1. The summed E-state index contributed by atoms with van der Waals surface area (Å²) in [5.74, 6) is -0.554. The Hall–Kier alpha value is -4.04. The number of methoxy groups -OCH3 is 1. The highest BCUT2D eigenvalue weighted by Crippen LogP contribution is 2.55.